The molecule has 0 aliphatic carbocycles. The predicted molar refractivity (Wildman–Crippen MR) is 119 cm³/mol. The van der Waals surface area contributed by atoms with Crippen LogP contribution in [0.5, 0.6) is 0 Å². The van der Waals surface area contributed by atoms with Crippen LogP contribution >= 0.6 is 0 Å². The number of nitrogens with zero attached hydrogens (tertiary/aromatic N) is 6. The van der Waals surface area contributed by atoms with Gasteiger partial charge in [-0.3, -0.25) is 19.4 Å². The van der Waals surface area contributed by atoms with Crippen LogP contribution in [0, 0.1) is 0 Å². The number of amides is 1. The van der Waals surface area contributed by atoms with Gasteiger partial charge in [-0.2, -0.15) is 5.10 Å². The molecular weight excluding hydrogens is 378 g/mol. The number of aryl methyl sites for hydroxylation is 1. The third kappa shape index (κ3) is 4.33. The molecular formula is C22H31N7O. The molecule has 0 bridgehead atoms. The van der Waals surface area contributed by atoms with Crippen molar-refractivity contribution in [2.75, 3.05) is 44.7 Å². The summed E-state index contributed by atoms with van der Waals surface area (Å²) in [4.78, 5) is 23.5. The van der Waals surface area contributed by atoms with Crippen LogP contribution in [-0.2, 0) is 24.8 Å². The van der Waals surface area contributed by atoms with Crippen molar-refractivity contribution in [1.82, 2.24) is 24.9 Å². The molecule has 1 amide bonds. The first-order valence-electron chi connectivity index (χ1n) is 10.6. The summed E-state index contributed by atoms with van der Waals surface area (Å²) < 4.78 is 1.72. The van der Waals surface area contributed by atoms with Gasteiger partial charge < -0.3 is 15.1 Å². The first-order chi connectivity index (χ1) is 14.5. The second-order valence-electron chi connectivity index (χ2n) is 8.11. The standard InChI is InChI=1S/C22H31N7O/c1-17(27-9-8-18-6-4-5-7-19(18)14-27)12-24-22(23-2)28-10-11-29(21(30)16-28)20-13-25-26(3)15-20/h4-7,13,15,17H,8-12,14,16H2,1-3H3,(H,23,24). The van der Waals surface area contributed by atoms with E-state index in [1.807, 2.05) is 18.1 Å². The van der Waals surface area contributed by atoms with Crippen molar-refractivity contribution in [2.24, 2.45) is 12.0 Å². The molecule has 30 heavy (non-hydrogen) atoms. The molecule has 160 valence electrons. The highest BCUT2D eigenvalue weighted by Crippen LogP contribution is 2.20. The Hall–Kier alpha value is -2.87. The molecule has 2 aliphatic heterocycles. The Balaban J connectivity index is 1.30. The third-order valence-electron chi connectivity index (χ3n) is 6.07. The zero-order valence-electron chi connectivity index (χ0n) is 18.1. The average molecular weight is 410 g/mol. The molecule has 1 atom stereocenters. The van der Waals surface area contributed by atoms with Crippen LogP contribution in [0.2, 0.25) is 0 Å². The van der Waals surface area contributed by atoms with E-state index >= 15 is 0 Å². The summed E-state index contributed by atoms with van der Waals surface area (Å²) in [5.41, 5.74) is 3.75. The van der Waals surface area contributed by atoms with Crippen molar-refractivity contribution in [3.05, 3.63) is 47.8 Å². The minimum Gasteiger partial charge on any atom is -0.355 e. The number of fused-ring (bicyclic) bond motifs is 1. The summed E-state index contributed by atoms with van der Waals surface area (Å²) in [7, 11) is 3.64. The van der Waals surface area contributed by atoms with E-state index < -0.39 is 0 Å². The lowest BCUT2D eigenvalue weighted by atomic mass is 9.99. The number of nitrogens with one attached hydrogen (secondary N) is 1. The molecule has 1 N–H and O–H groups in total. The van der Waals surface area contributed by atoms with Gasteiger partial charge in [0.15, 0.2) is 5.96 Å². The number of carbonyl (C=O) groups is 1. The number of benzene rings is 1. The van der Waals surface area contributed by atoms with Gasteiger partial charge in [0, 0.05) is 59.1 Å². The second kappa shape index (κ2) is 8.87. The van der Waals surface area contributed by atoms with Gasteiger partial charge in [-0.25, -0.2) is 0 Å². The minimum absolute atomic E-state index is 0.0675. The Morgan fingerprint density at radius 1 is 1.20 bits per heavy atom. The van der Waals surface area contributed by atoms with Crippen molar-refractivity contribution in [3.8, 4) is 0 Å². The van der Waals surface area contributed by atoms with E-state index in [-0.39, 0.29) is 5.91 Å². The number of hydrogen-bond acceptors (Lipinski definition) is 4. The fourth-order valence-electron chi connectivity index (χ4n) is 4.27. The first-order valence-corrected chi connectivity index (χ1v) is 10.6. The number of guanidine groups is 1. The average Bonchev–Trinajstić information content (AvgIpc) is 3.19. The Bertz CT molecular complexity index is 922. The molecule has 1 saturated heterocycles. The third-order valence-corrected chi connectivity index (χ3v) is 6.07. The number of rotatable bonds is 4. The molecule has 1 aromatic carbocycles. The summed E-state index contributed by atoms with van der Waals surface area (Å²) in [6.45, 7) is 6.79. The van der Waals surface area contributed by atoms with E-state index in [4.69, 9.17) is 0 Å². The smallest absolute Gasteiger partial charge is 0.246 e. The fraction of sp³-hybridized carbons (Fsp3) is 0.500. The number of carbonyl (C=O) groups excluding carboxylic acids is 1. The normalized spacial score (nSPS) is 19.0. The summed E-state index contributed by atoms with van der Waals surface area (Å²) >= 11 is 0. The van der Waals surface area contributed by atoms with E-state index in [1.165, 1.54) is 11.1 Å². The highest BCUT2D eigenvalue weighted by Gasteiger charge is 2.28. The van der Waals surface area contributed by atoms with Gasteiger partial charge in [-0.05, 0) is 24.5 Å². The molecule has 1 unspecified atom stereocenters. The molecule has 8 nitrogen and oxygen atoms in total. The lowest BCUT2D eigenvalue weighted by Crippen LogP contribution is -2.56. The van der Waals surface area contributed by atoms with Crippen molar-refractivity contribution in [3.63, 3.8) is 0 Å². The quantitative estimate of drug-likeness (QED) is 0.605. The molecule has 0 spiro atoms. The molecule has 1 aromatic heterocycles. The molecule has 0 saturated carbocycles. The summed E-state index contributed by atoms with van der Waals surface area (Å²) in [5, 5.41) is 7.66. The Morgan fingerprint density at radius 3 is 2.70 bits per heavy atom. The maximum Gasteiger partial charge on any atom is 0.246 e. The Kier molecular flexibility index (Phi) is 6.03. The zero-order chi connectivity index (χ0) is 21.1. The summed E-state index contributed by atoms with van der Waals surface area (Å²) in [6.07, 6.45) is 4.71. The van der Waals surface area contributed by atoms with Gasteiger partial charge >= 0.3 is 0 Å². The molecule has 0 radical (unpaired) electrons. The van der Waals surface area contributed by atoms with Crippen LogP contribution < -0.4 is 10.2 Å². The van der Waals surface area contributed by atoms with Crippen LogP contribution in [-0.4, -0.2) is 77.3 Å². The molecule has 2 aliphatic rings. The Labute approximate surface area is 178 Å². The number of aromatic nitrogens is 2. The SMILES string of the molecule is CN=C(NCC(C)N1CCc2ccccc2C1)N1CCN(c2cnn(C)c2)C(=O)C1. The number of aliphatic imine (C=N–C) groups is 1. The largest absolute Gasteiger partial charge is 0.355 e. The van der Waals surface area contributed by atoms with Crippen molar-refractivity contribution < 1.29 is 4.79 Å². The van der Waals surface area contributed by atoms with Gasteiger partial charge in [0.1, 0.15) is 6.54 Å². The van der Waals surface area contributed by atoms with Gasteiger partial charge in [0.05, 0.1) is 11.9 Å². The lowest BCUT2D eigenvalue weighted by Gasteiger charge is -2.37. The molecule has 1 fully saturated rings. The van der Waals surface area contributed by atoms with Gasteiger partial charge in [0.2, 0.25) is 5.91 Å². The van der Waals surface area contributed by atoms with Crippen LogP contribution in [0.3, 0.4) is 0 Å². The molecule has 3 heterocycles. The Morgan fingerprint density at radius 2 is 2.00 bits per heavy atom. The van der Waals surface area contributed by atoms with Gasteiger partial charge in [-0.15, -0.1) is 0 Å². The van der Waals surface area contributed by atoms with Gasteiger partial charge in [-0.1, -0.05) is 24.3 Å². The van der Waals surface area contributed by atoms with Crippen LogP contribution in [0.15, 0.2) is 41.7 Å². The van der Waals surface area contributed by atoms with Crippen molar-refractivity contribution >= 4 is 17.6 Å². The van der Waals surface area contributed by atoms with Crippen molar-refractivity contribution in [2.45, 2.75) is 25.9 Å². The highest BCUT2D eigenvalue weighted by molar-refractivity contribution is 5.98. The number of hydrogen-bond donors (Lipinski definition) is 1. The van der Waals surface area contributed by atoms with E-state index in [0.717, 1.165) is 44.2 Å². The molecule has 8 heteroatoms. The van der Waals surface area contributed by atoms with Crippen molar-refractivity contribution in [1.29, 1.82) is 0 Å². The zero-order valence-corrected chi connectivity index (χ0v) is 18.1. The topological polar surface area (TPSA) is 69.0 Å². The van der Waals surface area contributed by atoms with Crippen LogP contribution in [0.25, 0.3) is 0 Å². The van der Waals surface area contributed by atoms with E-state index in [0.29, 0.717) is 19.1 Å². The monoisotopic (exact) mass is 409 g/mol. The number of piperazine rings is 1. The first kappa shape index (κ1) is 20.4. The molecule has 4 rings (SSSR count). The van der Waals surface area contributed by atoms with E-state index in [2.05, 4.69) is 51.5 Å². The fourth-order valence-corrected chi connectivity index (χ4v) is 4.27. The predicted octanol–water partition coefficient (Wildman–Crippen LogP) is 1.09. The summed E-state index contributed by atoms with van der Waals surface area (Å²) in [6, 6.07) is 9.09. The highest BCUT2D eigenvalue weighted by atomic mass is 16.2. The lowest BCUT2D eigenvalue weighted by molar-refractivity contribution is -0.120. The molecule has 2 aromatic rings. The van der Waals surface area contributed by atoms with E-state index in [9.17, 15) is 4.79 Å². The van der Waals surface area contributed by atoms with E-state index in [1.54, 1.807) is 22.8 Å². The maximum absolute atomic E-state index is 12.7. The maximum atomic E-state index is 12.7. The minimum atomic E-state index is 0.0675. The second-order valence-corrected chi connectivity index (χ2v) is 8.11. The number of anilines is 1. The van der Waals surface area contributed by atoms with Crippen LogP contribution in [0.4, 0.5) is 5.69 Å². The summed E-state index contributed by atoms with van der Waals surface area (Å²) in [5.74, 6) is 0.858. The van der Waals surface area contributed by atoms with Gasteiger partial charge in [0.25, 0.3) is 0 Å². The van der Waals surface area contributed by atoms with Crippen LogP contribution in [0.1, 0.15) is 18.1 Å².